The lowest BCUT2D eigenvalue weighted by atomic mass is 10.2. The maximum Gasteiger partial charge on any atom is 0.248 e. The fraction of sp³-hybridized carbons (Fsp3) is 0.182. The molecule has 0 spiro atoms. The van der Waals surface area contributed by atoms with Crippen LogP contribution in [0.2, 0.25) is 0 Å². The Morgan fingerprint density at radius 1 is 0.548 bits per heavy atom. The van der Waals surface area contributed by atoms with Gasteiger partial charge in [-0.15, -0.1) is 10.2 Å². The largest absolute Gasteiger partial charge is 0.416 e. The summed E-state index contributed by atoms with van der Waals surface area (Å²) in [5.74, 6) is -0.265. The summed E-state index contributed by atoms with van der Waals surface area (Å²) in [6.07, 6.45) is 0.915. The van der Waals surface area contributed by atoms with E-state index in [0.29, 0.717) is 22.5 Å². The third-order valence-corrected chi connectivity index (χ3v) is 5.27. The molecule has 31 heavy (non-hydrogen) atoms. The van der Waals surface area contributed by atoms with Crippen LogP contribution >= 0.6 is 0 Å². The minimum atomic E-state index is -0.210. The zero-order valence-electron chi connectivity index (χ0n) is 16.3. The number of nitrogens with zero attached hydrogens (tertiary/aromatic N) is 4. The summed E-state index contributed by atoms with van der Waals surface area (Å²) in [6, 6.07) is 13.5. The second-order valence-corrected chi connectivity index (χ2v) is 7.25. The highest BCUT2D eigenvalue weighted by atomic mass is 16.4. The predicted octanol–water partition coefficient (Wildman–Crippen LogP) is 2.71. The Balaban J connectivity index is 1.35. The van der Waals surface area contributed by atoms with Crippen molar-refractivity contribution < 1.29 is 23.6 Å². The number of amides is 4. The molecule has 0 N–H and O–H groups in total. The van der Waals surface area contributed by atoms with E-state index >= 15 is 0 Å². The van der Waals surface area contributed by atoms with Gasteiger partial charge in [-0.25, -0.2) is 0 Å². The Kier molecular flexibility index (Phi) is 4.43. The average molecular weight is 416 g/mol. The second-order valence-electron chi connectivity index (χ2n) is 7.25. The molecule has 2 saturated heterocycles. The molecule has 0 atom stereocenters. The number of carbonyl (C=O) groups excluding carboxylic acids is 4. The van der Waals surface area contributed by atoms with Gasteiger partial charge in [0.25, 0.3) is 0 Å². The number of benzene rings is 2. The minimum Gasteiger partial charge on any atom is -0.416 e. The molecule has 0 unspecified atom stereocenters. The number of rotatable bonds is 4. The lowest BCUT2D eigenvalue weighted by molar-refractivity contribution is -0.122. The zero-order chi connectivity index (χ0) is 21.5. The van der Waals surface area contributed by atoms with E-state index in [1.807, 2.05) is 0 Å². The van der Waals surface area contributed by atoms with Crippen LogP contribution in [0.15, 0.2) is 52.9 Å². The molecule has 2 aromatic carbocycles. The van der Waals surface area contributed by atoms with Crippen molar-refractivity contribution in [2.45, 2.75) is 25.7 Å². The fourth-order valence-corrected chi connectivity index (χ4v) is 3.69. The first kappa shape index (κ1) is 18.9. The average Bonchev–Trinajstić information content (AvgIpc) is 3.48. The van der Waals surface area contributed by atoms with Crippen molar-refractivity contribution in [3.8, 4) is 22.9 Å². The van der Waals surface area contributed by atoms with Gasteiger partial charge in [0.1, 0.15) is 0 Å². The van der Waals surface area contributed by atoms with E-state index in [2.05, 4.69) is 10.2 Å². The number of hydrogen-bond donors (Lipinski definition) is 0. The zero-order valence-corrected chi connectivity index (χ0v) is 16.3. The molecule has 154 valence electrons. The van der Waals surface area contributed by atoms with E-state index < -0.39 is 0 Å². The second kappa shape index (κ2) is 7.28. The topological polar surface area (TPSA) is 114 Å². The van der Waals surface area contributed by atoms with Crippen LogP contribution in [-0.4, -0.2) is 33.8 Å². The molecule has 0 saturated carbocycles. The standard InChI is InChI=1S/C22H16N4O5/c27-17-9-10-18(28)25(17)15-5-1-13(2-6-15)21-23-24-22(31-21)14-3-7-16(8-4-14)26-19(29)11-12-20(26)30/h1-8H,9-12H2. The van der Waals surface area contributed by atoms with Crippen molar-refractivity contribution in [1.29, 1.82) is 0 Å². The van der Waals surface area contributed by atoms with Gasteiger partial charge in [-0.05, 0) is 48.5 Å². The third kappa shape index (κ3) is 3.29. The van der Waals surface area contributed by atoms with Crippen molar-refractivity contribution in [3.63, 3.8) is 0 Å². The monoisotopic (exact) mass is 416 g/mol. The van der Waals surface area contributed by atoms with Crippen molar-refractivity contribution in [3.05, 3.63) is 48.5 Å². The van der Waals surface area contributed by atoms with E-state index in [-0.39, 0.29) is 61.1 Å². The summed E-state index contributed by atoms with van der Waals surface area (Å²) >= 11 is 0. The first-order valence-corrected chi connectivity index (χ1v) is 9.77. The number of hydrogen-bond acceptors (Lipinski definition) is 7. The van der Waals surface area contributed by atoms with Gasteiger partial charge in [0.05, 0.1) is 11.4 Å². The van der Waals surface area contributed by atoms with Crippen LogP contribution in [-0.2, 0) is 19.2 Å². The molecule has 2 aliphatic rings. The summed E-state index contributed by atoms with van der Waals surface area (Å²) in [5, 5.41) is 8.12. The van der Waals surface area contributed by atoms with E-state index in [0.717, 1.165) is 0 Å². The Labute approximate surface area is 176 Å². The van der Waals surface area contributed by atoms with Crippen LogP contribution in [0.1, 0.15) is 25.7 Å². The summed E-state index contributed by atoms with van der Waals surface area (Å²) < 4.78 is 5.75. The minimum absolute atomic E-state index is 0.210. The van der Waals surface area contributed by atoms with Crippen LogP contribution in [0, 0.1) is 0 Å². The Hall–Kier alpha value is -4.14. The van der Waals surface area contributed by atoms with Crippen LogP contribution in [0.5, 0.6) is 0 Å². The highest BCUT2D eigenvalue weighted by Crippen LogP contribution is 2.29. The molecule has 9 nitrogen and oxygen atoms in total. The normalized spacial score (nSPS) is 16.6. The first-order valence-electron chi connectivity index (χ1n) is 9.77. The Morgan fingerprint density at radius 3 is 1.19 bits per heavy atom. The number of aromatic nitrogens is 2. The number of carbonyl (C=O) groups is 4. The van der Waals surface area contributed by atoms with Crippen LogP contribution in [0.25, 0.3) is 22.9 Å². The lowest BCUT2D eigenvalue weighted by Gasteiger charge is -2.13. The van der Waals surface area contributed by atoms with Gasteiger partial charge in [0.2, 0.25) is 35.4 Å². The molecule has 3 aromatic rings. The van der Waals surface area contributed by atoms with Crippen molar-refractivity contribution in [1.82, 2.24) is 10.2 Å². The predicted molar refractivity (Wildman–Crippen MR) is 109 cm³/mol. The Bertz CT molecular complexity index is 1090. The summed E-state index contributed by atoms with van der Waals surface area (Å²) in [6.45, 7) is 0. The molecular formula is C22H16N4O5. The van der Waals surface area contributed by atoms with Gasteiger partial charge in [-0.2, -0.15) is 0 Å². The highest BCUT2D eigenvalue weighted by Gasteiger charge is 2.31. The van der Waals surface area contributed by atoms with Gasteiger partial charge in [-0.1, -0.05) is 0 Å². The molecule has 3 heterocycles. The molecule has 2 fully saturated rings. The summed E-state index contributed by atoms with van der Waals surface area (Å²) in [7, 11) is 0. The summed E-state index contributed by atoms with van der Waals surface area (Å²) in [5.41, 5.74) is 2.31. The number of imide groups is 2. The summed E-state index contributed by atoms with van der Waals surface area (Å²) in [4.78, 5) is 49.8. The van der Waals surface area contributed by atoms with E-state index in [9.17, 15) is 19.2 Å². The lowest BCUT2D eigenvalue weighted by Crippen LogP contribution is -2.28. The van der Waals surface area contributed by atoms with Crippen LogP contribution in [0.4, 0.5) is 11.4 Å². The van der Waals surface area contributed by atoms with E-state index in [1.54, 1.807) is 48.5 Å². The van der Waals surface area contributed by atoms with Crippen molar-refractivity contribution in [2.24, 2.45) is 0 Å². The molecule has 0 radical (unpaired) electrons. The molecule has 0 bridgehead atoms. The molecule has 2 aliphatic heterocycles. The van der Waals surface area contributed by atoms with Crippen molar-refractivity contribution in [2.75, 3.05) is 9.80 Å². The number of anilines is 2. The molecule has 1 aromatic heterocycles. The van der Waals surface area contributed by atoms with Gasteiger partial charge in [0.15, 0.2) is 0 Å². The molecule has 4 amide bonds. The molecule has 5 rings (SSSR count). The van der Waals surface area contributed by atoms with Crippen LogP contribution < -0.4 is 9.80 Å². The fourth-order valence-electron chi connectivity index (χ4n) is 3.69. The first-order chi connectivity index (χ1) is 15.0. The van der Waals surface area contributed by atoms with Gasteiger partial charge in [0, 0.05) is 36.8 Å². The molecule has 9 heteroatoms. The van der Waals surface area contributed by atoms with Gasteiger partial charge < -0.3 is 4.42 Å². The maximum atomic E-state index is 11.9. The van der Waals surface area contributed by atoms with Crippen LogP contribution in [0.3, 0.4) is 0 Å². The third-order valence-electron chi connectivity index (χ3n) is 5.27. The SMILES string of the molecule is O=C1CCC(=O)N1c1ccc(-c2nnc(-c3ccc(N4C(=O)CCC4=O)cc3)o2)cc1. The maximum absolute atomic E-state index is 11.9. The van der Waals surface area contributed by atoms with E-state index in [1.165, 1.54) is 9.80 Å². The smallest absolute Gasteiger partial charge is 0.248 e. The molecular weight excluding hydrogens is 400 g/mol. The van der Waals surface area contributed by atoms with Crippen molar-refractivity contribution >= 4 is 35.0 Å². The Morgan fingerprint density at radius 2 is 0.871 bits per heavy atom. The van der Waals surface area contributed by atoms with Gasteiger partial charge in [-0.3, -0.25) is 29.0 Å². The quantitative estimate of drug-likeness (QED) is 0.601. The van der Waals surface area contributed by atoms with E-state index in [4.69, 9.17) is 4.42 Å². The highest BCUT2D eigenvalue weighted by molar-refractivity contribution is 6.20. The molecule has 0 aliphatic carbocycles. The van der Waals surface area contributed by atoms with Gasteiger partial charge >= 0.3 is 0 Å².